The van der Waals surface area contributed by atoms with Crippen molar-refractivity contribution in [3.63, 3.8) is 0 Å². The van der Waals surface area contributed by atoms with Gasteiger partial charge in [0.2, 0.25) is 41.4 Å². The molecule has 11 rings (SSSR count). The van der Waals surface area contributed by atoms with E-state index in [4.69, 9.17) is 18.9 Å². The number of aliphatic hydroxyl groups is 1. The van der Waals surface area contributed by atoms with Gasteiger partial charge in [-0.1, -0.05) is 74.0 Å². The first kappa shape index (κ1) is 86.3. The fraction of sp³-hybridized carbons (Fsp3) is 0.570. The molecule has 7 heterocycles. The van der Waals surface area contributed by atoms with Gasteiger partial charge in [-0.3, -0.25) is 57.6 Å². The van der Waals surface area contributed by atoms with E-state index < -0.39 is 126 Å². The van der Waals surface area contributed by atoms with Crippen molar-refractivity contribution in [2.45, 2.75) is 210 Å². The first-order valence-corrected chi connectivity index (χ1v) is 40.3. The molecular formula is C86H116FN10O16+. The van der Waals surface area contributed by atoms with Gasteiger partial charge in [-0.15, -0.1) is 0 Å². The molecule has 12 bridgehead atoms. The fourth-order valence-corrected chi connectivity index (χ4v) is 16.0. The van der Waals surface area contributed by atoms with Gasteiger partial charge in [0, 0.05) is 107 Å². The van der Waals surface area contributed by atoms with Gasteiger partial charge in [0.15, 0.2) is 11.6 Å². The van der Waals surface area contributed by atoms with Crippen LogP contribution in [0.4, 0.5) is 4.39 Å². The van der Waals surface area contributed by atoms with Gasteiger partial charge in [-0.25, -0.2) is 4.39 Å². The largest absolute Gasteiger partial charge is 0.497 e. The van der Waals surface area contributed by atoms with Crippen LogP contribution in [0.15, 0.2) is 97.2 Å². The summed E-state index contributed by atoms with van der Waals surface area (Å²) in [7, 11) is 7.69. The van der Waals surface area contributed by atoms with E-state index in [1.54, 1.807) is 68.4 Å². The maximum Gasteiger partial charge on any atom is 0.246 e. The molecule has 1 unspecified atom stereocenters. The molecule has 6 aliphatic heterocycles. The van der Waals surface area contributed by atoms with E-state index in [0.29, 0.717) is 117 Å². The molecule has 6 aliphatic rings. The van der Waals surface area contributed by atoms with Gasteiger partial charge in [-0.05, 0) is 161 Å². The maximum atomic E-state index is 16.3. The van der Waals surface area contributed by atoms with Gasteiger partial charge in [0.1, 0.15) is 60.5 Å². The number of methoxy groups -OCH3 is 1. The highest BCUT2D eigenvalue weighted by atomic mass is 19.1. The molecule has 2 saturated heterocycles. The molecule has 4 aromatic carbocycles. The number of quaternary nitrogens is 1. The van der Waals surface area contributed by atoms with Crippen LogP contribution in [-0.2, 0) is 112 Å². The number of benzene rings is 4. The molecule has 0 saturated carbocycles. The quantitative estimate of drug-likeness (QED) is 0.0476. The Kier molecular flexibility index (Phi) is 31.1. The van der Waals surface area contributed by atoms with E-state index in [1.165, 1.54) is 36.0 Å². The normalized spacial score (nSPS) is 25.5. The smallest absolute Gasteiger partial charge is 0.246 e. The number of aryl methyl sites for hydroxylation is 2. The van der Waals surface area contributed by atoms with Gasteiger partial charge in [0.25, 0.3) is 0 Å². The second-order valence-electron chi connectivity index (χ2n) is 32.6. The van der Waals surface area contributed by atoms with Crippen molar-refractivity contribution in [3.05, 3.63) is 136 Å². The van der Waals surface area contributed by atoms with Crippen molar-refractivity contribution >= 4 is 75.4 Å². The van der Waals surface area contributed by atoms with Crippen molar-refractivity contribution in [2.75, 3.05) is 94.0 Å². The van der Waals surface area contributed by atoms with Crippen LogP contribution in [0.3, 0.4) is 0 Å². The Morgan fingerprint density at radius 3 is 2.16 bits per heavy atom. The molecular weight excluding hydrogens is 1450 g/mol. The molecule has 0 aliphatic carbocycles. The van der Waals surface area contributed by atoms with Crippen molar-refractivity contribution in [1.82, 2.24) is 45.9 Å². The number of aliphatic hydroxyl groups excluding tert-OH is 1. The maximum absolute atomic E-state index is 16.3. The van der Waals surface area contributed by atoms with Gasteiger partial charge >= 0.3 is 0 Å². The Bertz CT molecular complexity index is 4160. The van der Waals surface area contributed by atoms with Crippen LogP contribution in [0, 0.1) is 17.7 Å². The third-order valence-corrected chi connectivity index (χ3v) is 22.7. The zero-order valence-electron chi connectivity index (χ0n) is 66.7. The topological polar surface area (TPSA) is 320 Å². The van der Waals surface area contributed by atoms with E-state index in [9.17, 15) is 29.1 Å². The molecule has 1 aromatic heterocycles. The highest BCUT2D eigenvalue weighted by molar-refractivity contribution is 6.00. The van der Waals surface area contributed by atoms with Crippen molar-refractivity contribution < 1.29 is 85.7 Å². The summed E-state index contributed by atoms with van der Waals surface area (Å²) in [4.78, 5) is 170. The summed E-state index contributed by atoms with van der Waals surface area (Å²) in [6, 6.07) is 18.7. The zero-order valence-corrected chi connectivity index (χ0v) is 66.7. The summed E-state index contributed by atoms with van der Waals surface area (Å²) in [5.41, 5.74) is 3.64. The molecule has 11 atom stereocenters. The van der Waals surface area contributed by atoms with Crippen LogP contribution < -0.4 is 31.3 Å². The number of carbonyl (C=O) groups excluding carboxylic acids is 11. The predicted molar refractivity (Wildman–Crippen MR) is 421 cm³/mol. The predicted octanol–water partition coefficient (Wildman–Crippen LogP) is 6.16. The minimum atomic E-state index is -1.81. The monoisotopic (exact) mass is 1560 g/mol. The molecule has 113 heavy (non-hydrogen) atoms. The van der Waals surface area contributed by atoms with E-state index in [-0.39, 0.29) is 114 Å². The number of hydrogen-bond donors (Lipinski definition) is 6. The van der Waals surface area contributed by atoms with E-state index in [0.717, 1.165) is 35.0 Å². The summed E-state index contributed by atoms with van der Waals surface area (Å²) in [5.74, 6) is -9.00. The van der Waals surface area contributed by atoms with Gasteiger partial charge in [-0.2, -0.15) is 0 Å². The summed E-state index contributed by atoms with van der Waals surface area (Å²) >= 11 is 0. The summed E-state index contributed by atoms with van der Waals surface area (Å²) in [6.07, 6.45) is 2.09. The number of Topliss-reactive ketones (excluding diaryl/α,β-unsaturated/α-hetero) is 4. The summed E-state index contributed by atoms with van der Waals surface area (Å²) in [5, 5.41) is 26.3. The third-order valence-electron chi connectivity index (χ3n) is 22.7. The number of aromatic nitrogens is 1. The lowest BCUT2D eigenvalue weighted by Crippen LogP contribution is -2.62. The van der Waals surface area contributed by atoms with Crippen molar-refractivity contribution in [2.24, 2.45) is 11.8 Å². The van der Waals surface area contributed by atoms with Crippen LogP contribution >= 0.6 is 0 Å². The third kappa shape index (κ3) is 24.5. The number of hydrogen-bond acceptors (Lipinski definition) is 17. The molecule has 2 fully saturated rings. The number of amides is 7. The fourth-order valence-electron chi connectivity index (χ4n) is 16.0. The minimum absolute atomic E-state index is 0.0193. The van der Waals surface area contributed by atoms with Crippen LogP contribution in [-0.4, -0.2) is 235 Å². The highest BCUT2D eigenvalue weighted by Gasteiger charge is 2.49. The first-order chi connectivity index (χ1) is 54.1. The zero-order chi connectivity index (χ0) is 80.9. The lowest BCUT2D eigenvalue weighted by molar-refractivity contribution is -0.870. The second kappa shape index (κ2) is 40.7. The Labute approximate surface area is 662 Å². The number of nitrogens with zero attached hydrogens (tertiary/aromatic N) is 5. The number of ketones is 4. The molecule has 612 valence electrons. The Hall–Kier alpha value is -9.12. The van der Waals surface area contributed by atoms with Crippen LogP contribution in [0.5, 0.6) is 5.75 Å². The number of ether oxygens (including phenoxy) is 4. The number of nitrogens with one attached hydrogen (secondary N) is 5. The summed E-state index contributed by atoms with van der Waals surface area (Å²) in [6.45, 7) is 8.16. The Morgan fingerprint density at radius 1 is 0.681 bits per heavy atom. The standard InChI is InChI=1S/C86H115FN10O16/c1-56-45-67(100)18-13-36-93-35-9-8-10-37-94-54-64(69-51-65(87)26-31-73(69)94)49-63-50-74(101)71(90-81(105)70(89-80(56)104)30-27-66(99)33-41-111-43-44-112-42-40-97(4,5)6)48-61-16-11-17-62(46-61)52-88-77(103)55-113-75-32-39-95(84(63)108)79(75)83(107)92-78(57(2)98)82(106)91-72(47-59-24-28-68(110-7)29-25-59)85(109)96-38-14-34-86(96,3)76(102)19-12-15-58-20-22-60(53-93)23-21-58/h11,16-17,20-26,28-29,31,46,51,54,56-57,63,70-72,75,78-79,98H,8-10,12-15,18-19,27,30,32-45,47-50,52-53,55H2,1-7H3,(H4-,88,89,90,91,92,103,104,105,106,107)/p+1/t56-,57-,63-,70-,71+,72+,75+,78+,79+,86+/m1/s1. The molecule has 7 amide bonds. The molecule has 5 aromatic rings. The molecule has 26 nitrogen and oxygen atoms in total. The SMILES string of the molecule is COc1ccc(C[C@@H]2NC(=O)[C@H]([C@@H](C)O)NC(=O)[C@@H]3[C@@H]4CCN3C(=O)[C@H]3CC(=O)[C@H](Cc5cccc(c5)CNC(=O)CO4)NC(=O)[C@@H](CCC(=O)CCOCCOCC[N+](C)(C)C)NC(=O)[C@H](C)CC(=O)CCCN(CCCCCn4cc(c5cc(F)ccc54)C3)Cc3ccc(cc3)CCCC(=O)[C@]3(C)CCCN3C2=O)cc1. The molecule has 0 spiro atoms. The molecule has 27 heteroatoms. The number of halogens is 1. The van der Waals surface area contributed by atoms with Crippen molar-refractivity contribution in [3.8, 4) is 5.75 Å². The Balaban J connectivity index is 1.05. The van der Waals surface area contributed by atoms with Gasteiger partial charge < -0.3 is 69.5 Å². The second-order valence-corrected chi connectivity index (χ2v) is 32.6. The highest BCUT2D eigenvalue weighted by Crippen LogP contribution is 2.35. The number of fused-ring (bicyclic) bond motifs is 16. The average Bonchev–Trinajstić information content (AvgIpc) is 1.66. The lowest BCUT2D eigenvalue weighted by atomic mass is 9.88. The first-order valence-electron chi connectivity index (χ1n) is 40.3. The van der Waals surface area contributed by atoms with E-state index in [1.807, 2.05) is 22.9 Å². The minimum Gasteiger partial charge on any atom is -0.497 e. The number of carbonyl (C=O) groups is 11. The summed E-state index contributed by atoms with van der Waals surface area (Å²) < 4.78 is 41.8. The lowest BCUT2D eigenvalue weighted by Gasteiger charge is -2.37. The van der Waals surface area contributed by atoms with Crippen LogP contribution in [0.2, 0.25) is 0 Å². The number of rotatable bonds is 16. The van der Waals surface area contributed by atoms with E-state index in [2.05, 4.69) is 64.8 Å². The van der Waals surface area contributed by atoms with Crippen molar-refractivity contribution in [1.29, 1.82) is 0 Å². The van der Waals surface area contributed by atoms with Crippen LogP contribution in [0.25, 0.3) is 10.9 Å². The van der Waals surface area contributed by atoms with E-state index >= 15 is 33.2 Å². The van der Waals surface area contributed by atoms with Gasteiger partial charge in [0.05, 0.1) is 78.5 Å². The number of likely N-dealkylation sites (N-methyl/N-ethyl adjacent to an activating group) is 1. The molecule has 6 N–H and O–H groups in total. The molecule has 0 radical (unpaired) electrons. The van der Waals surface area contributed by atoms with Crippen LogP contribution in [0.1, 0.15) is 150 Å². The average molecular weight is 1560 g/mol. The Morgan fingerprint density at radius 2 is 1.41 bits per heavy atom.